The molecule has 0 aromatic heterocycles. The van der Waals surface area contributed by atoms with E-state index in [2.05, 4.69) is 27.0 Å². The number of aliphatic hydroxyl groups excluding tert-OH is 1. The highest BCUT2D eigenvalue weighted by molar-refractivity contribution is 7.98. The predicted molar refractivity (Wildman–Crippen MR) is 53.0 cm³/mol. The molecule has 0 aromatic carbocycles. The molecule has 0 radical (unpaired) electrons. The second-order valence-electron chi connectivity index (χ2n) is 4.27. The van der Waals surface area contributed by atoms with Crippen LogP contribution in [0, 0.1) is 11.3 Å². The Morgan fingerprint density at radius 3 is 2.18 bits per heavy atom. The first-order valence-corrected chi connectivity index (χ1v) is 5.49. The third kappa shape index (κ3) is 6.70. The normalized spacial score (nSPS) is 15.0. The van der Waals surface area contributed by atoms with Crippen molar-refractivity contribution < 1.29 is 5.11 Å². The van der Waals surface area contributed by atoms with Crippen LogP contribution in [0.5, 0.6) is 0 Å². The molecule has 0 bridgehead atoms. The summed E-state index contributed by atoms with van der Waals surface area (Å²) in [6.07, 6.45) is 3.20. The van der Waals surface area contributed by atoms with E-state index in [9.17, 15) is 0 Å². The number of hydrogen-bond donors (Lipinski definition) is 1. The van der Waals surface area contributed by atoms with Gasteiger partial charge < -0.3 is 5.11 Å². The Bertz CT molecular complexity index is 96.2. The van der Waals surface area contributed by atoms with Crippen LogP contribution in [0.4, 0.5) is 0 Å². The lowest BCUT2D eigenvalue weighted by atomic mass is 9.86. The number of aliphatic hydroxyl groups is 1. The summed E-state index contributed by atoms with van der Waals surface area (Å²) in [6, 6.07) is 0. The Balaban J connectivity index is 3.68. The molecule has 0 amide bonds. The minimum Gasteiger partial charge on any atom is -0.396 e. The number of rotatable bonds is 4. The van der Waals surface area contributed by atoms with Gasteiger partial charge in [-0.1, -0.05) is 20.8 Å². The zero-order valence-electron chi connectivity index (χ0n) is 8.05. The van der Waals surface area contributed by atoms with E-state index in [1.165, 1.54) is 0 Å². The van der Waals surface area contributed by atoms with Crippen LogP contribution in [-0.4, -0.2) is 23.7 Å². The van der Waals surface area contributed by atoms with Crippen molar-refractivity contribution in [1.82, 2.24) is 0 Å². The van der Waals surface area contributed by atoms with Crippen LogP contribution in [0.1, 0.15) is 27.2 Å². The largest absolute Gasteiger partial charge is 0.396 e. The lowest BCUT2D eigenvalue weighted by Gasteiger charge is -2.23. The topological polar surface area (TPSA) is 20.2 Å². The molecule has 11 heavy (non-hydrogen) atoms. The summed E-state index contributed by atoms with van der Waals surface area (Å²) in [4.78, 5) is 0. The van der Waals surface area contributed by atoms with Crippen LogP contribution < -0.4 is 0 Å². The average Bonchev–Trinajstić information content (AvgIpc) is 1.84. The fraction of sp³-hybridized carbons (Fsp3) is 1.00. The second-order valence-corrected chi connectivity index (χ2v) is 5.18. The van der Waals surface area contributed by atoms with E-state index >= 15 is 0 Å². The van der Waals surface area contributed by atoms with Crippen LogP contribution in [0.2, 0.25) is 0 Å². The summed E-state index contributed by atoms with van der Waals surface area (Å²) in [5, 5.41) is 9.01. The predicted octanol–water partition coefficient (Wildman–Crippen LogP) is 2.39. The highest BCUT2D eigenvalue weighted by Crippen LogP contribution is 2.25. The maximum absolute atomic E-state index is 9.01. The molecule has 0 aliphatic carbocycles. The molecule has 2 heteroatoms. The monoisotopic (exact) mass is 176 g/mol. The van der Waals surface area contributed by atoms with E-state index in [0.717, 1.165) is 12.2 Å². The van der Waals surface area contributed by atoms with Gasteiger partial charge in [-0.2, -0.15) is 11.8 Å². The molecule has 0 aliphatic heterocycles. The molecule has 0 aromatic rings. The van der Waals surface area contributed by atoms with Gasteiger partial charge in [-0.05, 0) is 29.8 Å². The average molecular weight is 176 g/mol. The van der Waals surface area contributed by atoms with Gasteiger partial charge in [0.15, 0.2) is 0 Å². The molecule has 0 spiro atoms. The van der Waals surface area contributed by atoms with Crippen molar-refractivity contribution in [2.24, 2.45) is 11.3 Å². The molecule has 1 nitrogen and oxygen atoms in total. The summed E-state index contributed by atoms with van der Waals surface area (Å²) in [5.41, 5.74) is 0.350. The van der Waals surface area contributed by atoms with Gasteiger partial charge in [0.05, 0.1) is 0 Å². The molecule has 0 heterocycles. The Morgan fingerprint density at radius 2 is 1.91 bits per heavy atom. The molecule has 1 unspecified atom stereocenters. The first kappa shape index (κ1) is 11.3. The molecule has 1 N–H and O–H groups in total. The zero-order valence-corrected chi connectivity index (χ0v) is 8.87. The molecule has 0 aliphatic rings. The van der Waals surface area contributed by atoms with E-state index in [1.807, 2.05) is 11.8 Å². The van der Waals surface area contributed by atoms with Crippen molar-refractivity contribution in [3.05, 3.63) is 0 Å². The van der Waals surface area contributed by atoms with Gasteiger partial charge in [-0.3, -0.25) is 0 Å². The van der Waals surface area contributed by atoms with Crippen molar-refractivity contribution in [2.45, 2.75) is 27.2 Å². The maximum Gasteiger partial charge on any atom is 0.0467 e. The van der Waals surface area contributed by atoms with E-state index in [4.69, 9.17) is 5.11 Å². The van der Waals surface area contributed by atoms with Crippen molar-refractivity contribution in [3.8, 4) is 0 Å². The standard InChI is InChI=1S/C9H20OS/c1-9(2,3)5-8(6-10)7-11-4/h8,10H,5-7H2,1-4H3. The first-order valence-electron chi connectivity index (χ1n) is 4.09. The smallest absolute Gasteiger partial charge is 0.0467 e. The third-order valence-electron chi connectivity index (χ3n) is 1.56. The quantitative estimate of drug-likeness (QED) is 0.710. The van der Waals surface area contributed by atoms with E-state index in [-0.39, 0.29) is 0 Å². The van der Waals surface area contributed by atoms with Crippen molar-refractivity contribution in [3.63, 3.8) is 0 Å². The second kappa shape index (κ2) is 5.04. The van der Waals surface area contributed by atoms with Gasteiger partial charge >= 0.3 is 0 Å². The van der Waals surface area contributed by atoms with Crippen molar-refractivity contribution in [1.29, 1.82) is 0 Å². The van der Waals surface area contributed by atoms with Crippen LogP contribution in [-0.2, 0) is 0 Å². The van der Waals surface area contributed by atoms with Crippen molar-refractivity contribution >= 4 is 11.8 Å². The van der Waals surface area contributed by atoms with Crippen LogP contribution in [0.15, 0.2) is 0 Å². The molecule has 68 valence electrons. The Labute approximate surface area is 74.6 Å². The third-order valence-corrected chi connectivity index (χ3v) is 2.37. The minimum atomic E-state index is 0.331. The van der Waals surface area contributed by atoms with Gasteiger partial charge in [0.2, 0.25) is 0 Å². The van der Waals surface area contributed by atoms with Crippen molar-refractivity contribution in [2.75, 3.05) is 18.6 Å². The minimum absolute atomic E-state index is 0.331. The summed E-state index contributed by atoms with van der Waals surface area (Å²) < 4.78 is 0. The highest BCUT2D eigenvalue weighted by Gasteiger charge is 2.17. The fourth-order valence-corrected chi connectivity index (χ4v) is 1.97. The molecule has 0 saturated carbocycles. The Hall–Kier alpha value is 0.310. The van der Waals surface area contributed by atoms with E-state index < -0.39 is 0 Å². The number of thioether (sulfide) groups is 1. The van der Waals surface area contributed by atoms with E-state index in [1.54, 1.807) is 0 Å². The lowest BCUT2D eigenvalue weighted by Crippen LogP contribution is -2.18. The molecule has 0 saturated heterocycles. The number of hydrogen-bond acceptors (Lipinski definition) is 2. The molecule has 0 rings (SSSR count). The van der Waals surface area contributed by atoms with Crippen LogP contribution >= 0.6 is 11.8 Å². The van der Waals surface area contributed by atoms with E-state index in [0.29, 0.717) is 17.9 Å². The molecule has 1 atom stereocenters. The van der Waals surface area contributed by atoms with Crippen LogP contribution in [0.3, 0.4) is 0 Å². The Kier molecular flexibility index (Phi) is 5.19. The van der Waals surface area contributed by atoms with Gasteiger partial charge in [0, 0.05) is 6.61 Å². The Morgan fingerprint density at radius 1 is 1.36 bits per heavy atom. The molecule has 0 fully saturated rings. The summed E-state index contributed by atoms with van der Waals surface area (Å²) >= 11 is 1.82. The summed E-state index contributed by atoms with van der Waals surface area (Å²) in [6.45, 7) is 6.99. The lowest BCUT2D eigenvalue weighted by molar-refractivity contribution is 0.194. The SMILES string of the molecule is CSCC(CO)CC(C)(C)C. The van der Waals surface area contributed by atoms with Crippen LogP contribution in [0.25, 0.3) is 0 Å². The molecular formula is C9H20OS. The van der Waals surface area contributed by atoms with Gasteiger partial charge in [0.25, 0.3) is 0 Å². The highest BCUT2D eigenvalue weighted by atomic mass is 32.2. The fourth-order valence-electron chi connectivity index (χ4n) is 1.28. The maximum atomic E-state index is 9.01. The van der Waals surface area contributed by atoms with Gasteiger partial charge in [-0.15, -0.1) is 0 Å². The van der Waals surface area contributed by atoms with Gasteiger partial charge in [-0.25, -0.2) is 0 Å². The zero-order chi connectivity index (χ0) is 8.91. The first-order chi connectivity index (χ1) is 4.99. The summed E-state index contributed by atoms with van der Waals surface area (Å²) in [5.74, 6) is 1.55. The van der Waals surface area contributed by atoms with Gasteiger partial charge in [0.1, 0.15) is 0 Å². The molecular weight excluding hydrogens is 156 g/mol. The summed E-state index contributed by atoms with van der Waals surface area (Å²) in [7, 11) is 0.